The number of nitrogens with zero attached hydrogens (tertiary/aromatic N) is 2. The summed E-state index contributed by atoms with van der Waals surface area (Å²) in [7, 11) is -3.90. The van der Waals surface area contributed by atoms with Crippen molar-refractivity contribution in [2.45, 2.75) is 57.7 Å². The summed E-state index contributed by atoms with van der Waals surface area (Å²) in [6.45, 7) is 1.56. The summed E-state index contributed by atoms with van der Waals surface area (Å²) in [5, 5.41) is 3.14. The number of nitrogens with one attached hydrogen (secondary N) is 1. The second-order valence-electron chi connectivity index (χ2n) is 10.4. The molecule has 0 radical (unpaired) electrons. The number of benzene rings is 3. The third-order valence-corrected chi connectivity index (χ3v) is 8.38. The Morgan fingerprint density at radius 3 is 2.15 bits per heavy atom. The molecule has 0 aromatic heterocycles. The molecule has 1 fully saturated rings. The fourth-order valence-electron chi connectivity index (χ4n) is 5.03. The highest BCUT2D eigenvalue weighted by molar-refractivity contribution is 7.92. The van der Waals surface area contributed by atoms with Gasteiger partial charge in [0.25, 0.3) is 0 Å². The van der Waals surface area contributed by atoms with E-state index in [2.05, 4.69) is 5.32 Å². The van der Waals surface area contributed by atoms with Gasteiger partial charge in [0.2, 0.25) is 21.8 Å². The van der Waals surface area contributed by atoms with E-state index >= 15 is 0 Å². The third kappa shape index (κ3) is 7.91. The Balaban J connectivity index is 1.71. The molecule has 1 saturated carbocycles. The van der Waals surface area contributed by atoms with Crippen LogP contribution in [-0.4, -0.2) is 50.0 Å². The maximum Gasteiger partial charge on any atom is 0.244 e. The van der Waals surface area contributed by atoms with Crippen LogP contribution in [-0.2, 0) is 32.6 Å². The van der Waals surface area contributed by atoms with Crippen LogP contribution >= 0.6 is 0 Å². The molecule has 7 nitrogen and oxygen atoms in total. The number of aryl methyl sites for hydroxylation is 1. The normalized spacial score (nSPS) is 14.5. The van der Waals surface area contributed by atoms with Crippen molar-refractivity contribution in [3.05, 3.63) is 101 Å². The molecule has 1 unspecified atom stereocenters. The van der Waals surface area contributed by atoms with E-state index in [0.717, 1.165) is 65.1 Å². The Morgan fingerprint density at radius 2 is 1.55 bits per heavy atom. The second kappa shape index (κ2) is 13.1. The van der Waals surface area contributed by atoms with E-state index in [1.807, 2.05) is 61.5 Å². The van der Waals surface area contributed by atoms with Crippen molar-refractivity contribution in [2.75, 3.05) is 17.1 Å². The van der Waals surface area contributed by atoms with Gasteiger partial charge in [-0.25, -0.2) is 12.8 Å². The lowest BCUT2D eigenvalue weighted by Crippen LogP contribution is -2.54. The molecule has 3 aromatic carbocycles. The molecule has 40 heavy (non-hydrogen) atoms. The number of sulfonamides is 1. The Labute approximate surface area is 236 Å². The SMILES string of the molecule is Cc1ccc(CN(C(=O)CN(c2ccc(F)cc2)S(C)(=O)=O)C(Cc2ccccc2)C(=O)NC2CCCC2)cc1. The number of anilines is 1. The van der Waals surface area contributed by atoms with Crippen molar-refractivity contribution in [3.8, 4) is 0 Å². The highest BCUT2D eigenvalue weighted by Gasteiger charge is 2.34. The molecule has 4 rings (SSSR count). The van der Waals surface area contributed by atoms with Crippen molar-refractivity contribution in [2.24, 2.45) is 0 Å². The van der Waals surface area contributed by atoms with Gasteiger partial charge in [0, 0.05) is 19.0 Å². The Hall–Kier alpha value is -3.72. The van der Waals surface area contributed by atoms with Crippen LogP contribution in [0.1, 0.15) is 42.4 Å². The largest absolute Gasteiger partial charge is 0.352 e. The van der Waals surface area contributed by atoms with E-state index in [4.69, 9.17) is 0 Å². The predicted molar refractivity (Wildman–Crippen MR) is 155 cm³/mol. The van der Waals surface area contributed by atoms with Gasteiger partial charge < -0.3 is 10.2 Å². The van der Waals surface area contributed by atoms with Crippen LogP contribution < -0.4 is 9.62 Å². The molecule has 212 valence electrons. The topological polar surface area (TPSA) is 86.8 Å². The predicted octanol–water partition coefficient (Wildman–Crippen LogP) is 4.60. The highest BCUT2D eigenvalue weighted by atomic mass is 32.2. The van der Waals surface area contributed by atoms with Gasteiger partial charge in [-0.1, -0.05) is 73.0 Å². The molecule has 1 aliphatic rings. The zero-order chi connectivity index (χ0) is 28.7. The van der Waals surface area contributed by atoms with Gasteiger partial charge in [-0.15, -0.1) is 0 Å². The van der Waals surface area contributed by atoms with Crippen molar-refractivity contribution in [1.82, 2.24) is 10.2 Å². The minimum atomic E-state index is -3.90. The molecule has 1 aliphatic carbocycles. The number of hydrogen-bond acceptors (Lipinski definition) is 4. The molecule has 9 heteroatoms. The molecule has 3 aromatic rings. The van der Waals surface area contributed by atoms with Crippen LogP contribution in [0.3, 0.4) is 0 Å². The number of carbonyl (C=O) groups excluding carboxylic acids is 2. The van der Waals surface area contributed by atoms with Gasteiger partial charge in [-0.05, 0) is 55.2 Å². The van der Waals surface area contributed by atoms with Crippen LogP contribution in [0.5, 0.6) is 0 Å². The molecule has 0 spiro atoms. The summed E-state index contributed by atoms with van der Waals surface area (Å²) in [6, 6.07) is 21.3. The van der Waals surface area contributed by atoms with Crippen LogP contribution in [0.4, 0.5) is 10.1 Å². The summed E-state index contributed by atoms with van der Waals surface area (Å²) in [4.78, 5) is 29.3. The lowest BCUT2D eigenvalue weighted by molar-refractivity contribution is -0.140. The molecule has 2 amide bonds. The van der Waals surface area contributed by atoms with Crippen molar-refractivity contribution >= 4 is 27.5 Å². The van der Waals surface area contributed by atoms with Crippen LogP contribution in [0.25, 0.3) is 0 Å². The highest BCUT2D eigenvalue weighted by Crippen LogP contribution is 2.22. The maximum absolute atomic E-state index is 14.1. The van der Waals surface area contributed by atoms with Crippen LogP contribution in [0.15, 0.2) is 78.9 Å². The summed E-state index contributed by atoms with van der Waals surface area (Å²) in [5.74, 6) is -1.31. The number of hydrogen-bond donors (Lipinski definition) is 1. The van der Waals surface area contributed by atoms with Gasteiger partial charge in [0.1, 0.15) is 18.4 Å². The monoisotopic (exact) mass is 565 g/mol. The summed E-state index contributed by atoms with van der Waals surface area (Å²) >= 11 is 0. The van der Waals surface area contributed by atoms with E-state index in [1.54, 1.807) is 0 Å². The summed E-state index contributed by atoms with van der Waals surface area (Å²) in [5.41, 5.74) is 2.93. The Bertz CT molecular complexity index is 1390. The quantitative estimate of drug-likeness (QED) is 0.368. The first-order valence-electron chi connectivity index (χ1n) is 13.5. The molecule has 0 heterocycles. The molecule has 1 atom stereocenters. The van der Waals surface area contributed by atoms with Crippen molar-refractivity contribution in [3.63, 3.8) is 0 Å². The lowest BCUT2D eigenvalue weighted by Gasteiger charge is -2.34. The molecular weight excluding hydrogens is 529 g/mol. The summed E-state index contributed by atoms with van der Waals surface area (Å²) < 4.78 is 40.1. The van der Waals surface area contributed by atoms with E-state index in [9.17, 15) is 22.4 Å². The minimum Gasteiger partial charge on any atom is -0.352 e. The molecule has 0 bridgehead atoms. The van der Waals surface area contributed by atoms with Gasteiger partial charge in [-0.3, -0.25) is 13.9 Å². The fraction of sp³-hybridized carbons (Fsp3) is 0.355. The average molecular weight is 566 g/mol. The number of carbonyl (C=O) groups is 2. The number of halogens is 1. The fourth-order valence-corrected chi connectivity index (χ4v) is 5.88. The Kier molecular flexibility index (Phi) is 9.58. The van der Waals surface area contributed by atoms with E-state index in [-0.39, 0.29) is 30.6 Å². The van der Waals surface area contributed by atoms with Gasteiger partial charge in [0.05, 0.1) is 11.9 Å². The first kappa shape index (κ1) is 29.3. The lowest BCUT2D eigenvalue weighted by atomic mass is 10.0. The average Bonchev–Trinajstić information content (AvgIpc) is 3.44. The van der Waals surface area contributed by atoms with Crippen LogP contribution in [0.2, 0.25) is 0 Å². The molecule has 0 aliphatic heterocycles. The van der Waals surface area contributed by atoms with Crippen LogP contribution in [0, 0.1) is 12.7 Å². The first-order chi connectivity index (χ1) is 19.1. The third-order valence-electron chi connectivity index (χ3n) is 7.24. The van der Waals surface area contributed by atoms with Crippen molar-refractivity contribution < 1.29 is 22.4 Å². The second-order valence-corrected chi connectivity index (χ2v) is 12.4. The van der Waals surface area contributed by atoms with Gasteiger partial charge in [-0.2, -0.15) is 0 Å². The number of rotatable bonds is 11. The maximum atomic E-state index is 14.1. The smallest absolute Gasteiger partial charge is 0.244 e. The zero-order valence-corrected chi connectivity index (χ0v) is 23.7. The zero-order valence-electron chi connectivity index (χ0n) is 22.9. The van der Waals surface area contributed by atoms with Crippen molar-refractivity contribution in [1.29, 1.82) is 0 Å². The molecule has 0 saturated heterocycles. The van der Waals surface area contributed by atoms with Gasteiger partial charge >= 0.3 is 0 Å². The van der Waals surface area contributed by atoms with E-state index < -0.39 is 34.3 Å². The minimum absolute atomic E-state index is 0.0498. The Morgan fingerprint density at radius 1 is 0.925 bits per heavy atom. The standard InChI is InChI=1S/C31H36FN3O4S/c1-23-12-14-25(15-13-23)21-34(30(36)22-35(40(2,38)39)28-18-16-26(32)17-19-28)29(20-24-8-4-3-5-9-24)31(37)33-27-10-6-7-11-27/h3-5,8-9,12-19,27,29H,6-7,10-11,20-22H2,1-2H3,(H,33,37). The molecule has 1 N–H and O–H groups in total. The molecular formula is C31H36FN3O4S. The summed E-state index contributed by atoms with van der Waals surface area (Å²) in [6.07, 6.45) is 5.14. The number of amides is 2. The first-order valence-corrected chi connectivity index (χ1v) is 15.4. The van der Waals surface area contributed by atoms with E-state index in [1.165, 1.54) is 17.0 Å². The van der Waals surface area contributed by atoms with E-state index in [0.29, 0.717) is 0 Å². The van der Waals surface area contributed by atoms with Gasteiger partial charge in [0.15, 0.2) is 0 Å².